The molecule has 3 nitrogen and oxygen atoms in total. The molecule has 0 saturated heterocycles. The molecule has 0 radical (unpaired) electrons. The first kappa shape index (κ1) is 12.6. The first-order valence-electron chi connectivity index (χ1n) is 5.29. The predicted molar refractivity (Wildman–Crippen MR) is 66.6 cm³/mol. The summed E-state index contributed by atoms with van der Waals surface area (Å²) in [7, 11) is 0. The van der Waals surface area contributed by atoms with E-state index in [9.17, 15) is 10.2 Å². The Hall–Kier alpha value is -1.48. The molecule has 0 saturated carbocycles. The number of rotatable bonds is 2. The van der Waals surface area contributed by atoms with Gasteiger partial charge in [0.1, 0.15) is 0 Å². The van der Waals surface area contributed by atoms with Crippen LogP contribution in [0.5, 0.6) is 11.5 Å². The lowest BCUT2D eigenvalue weighted by atomic mass is 9.85. The lowest BCUT2D eigenvalue weighted by Crippen LogP contribution is -2.11. The summed E-state index contributed by atoms with van der Waals surface area (Å²) in [5, 5.41) is 19.3. The van der Waals surface area contributed by atoms with Crippen molar-refractivity contribution < 1.29 is 10.2 Å². The van der Waals surface area contributed by atoms with E-state index in [2.05, 4.69) is 20.8 Å². The van der Waals surface area contributed by atoms with Crippen LogP contribution in [0.1, 0.15) is 31.9 Å². The van der Waals surface area contributed by atoms with Crippen LogP contribution in [-0.4, -0.2) is 16.8 Å². The Bertz CT molecular complexity index is 403. The Morgan fingerprint density at radius 2 is 1.88 bits per heavy atom. The van der Waals surface area contributed by atoms with Crippen molar-refractivity contribution >= 4 is 6.08 Å². The maximum atomic E-state index is 9.67. The Kier molecular flexibility index (Phi) is 3.60. The highest BCUT2D eigenvalue weighted by Crippen LogP contribution is 2.35. The molecular weight excluding hydrogens is 202 g/mol. The van der Waals surface area contributed by atoms with Crippen molar-refractivity contribution in [2.45, 2.75) is 26.2 Å². The highest BCUT2D eigenvalue weighted by molar-refractivity contribution is 5.63. The zero-order valence-electron chi connectivity index (χ0n) is 9.99. The fourth-order valence-electron chi connectivity index (χ4n) is 1.40. The second-order valence-electron chi connectivity index (χ2n) is 4.82. The number of phenols is 2. The third kappa shape index (κ3) is 2.76. The van der Waals surface area contributed by atoms with Gasteiger partial charge in [0.25, 0.3) is 0 Å². The van der Waals surface area contributed by atoms with Gasteiger partial charge in [-0.2, -0.15) is 0 Å². The molecule has 0 bridgehead atoms. The van der Waals surface area contributed by atoms with Gasteiger partial charge in [-0.1, -0.05) is 32.9 Å². The van der Waals surface area contributed by atoms with Gasteiger partial charge in [0.15, 0.2) is 11.5 Å². The predicted octanol–water partition coefficient (Wildman–Crippen LogP) is 2.37. The van der Waals surface area contributed by atoms with Gasteiger partial charge in [-0.15, -0.1) is 0 Å². The zero-order valence-corrected chi connectivity index (χ0v) is 9.99. The van der Waals surface area contributed by atoms with Gasteiger partial charge < -0.3 is 15.9 Å². The van der Waals surface area contributed by atoms with E-state index in [-0.39, 0.29) is 16.9 Å². The number of aromatic hydroxyl groups is 2. The van der Waals surface area contributed by atoms with E-state index < -0.39 is 0 Å². The van der Waals surface area contributed by atoms with Crippen molar-refractivity contribution in [2.75, 3.05) is 6.54 Å². The summed E-state index contributed by atoms with van der Waals surface area (Å²) in [4.78, 5) is 0. The van der Waals surface area contributed by atoms with Crippen LogP contribution in [0.2, 0.25) is 0 Å². The second-order valence-corrected chi connectivity index (χ2v) is 4.82. The van der Waals surface area contributed by atoms with Crippen molar-refractivity contribution in [1.82, 2.24) is 0 Å². The molecule has 1 rings (SSSR count). The third-order valence-corrected chi connectivity index (χ3v) is 2.42. The van der Waals surface area contributed by atoms with Crippen LogP contribution in [0.3, 0.4) is 0 Å². The molecule has 0 amide bonds. The Morgan fingerprint density at radius 3 is 2.38 bits per heavy atom. The summed E-state index contributed by atoms with van der Waals surface area (Å²) < 4.78 is 0. The van der Waals surface area contributed by atoms with Crippen LogP contribution in [-0.2, 0) is 5.41 Å². The molecule has 3 heteroatoms. The number of nitrogens with two attached hydrogens (primary N) is 1. The van der Waals surface area contributed by atoms with Crippen LogP contribution in [0.25, 0.3) is 6.08 Å². The quantitative estimate of drug-likeness (QED) is 0.672. The topological polar surface area (TPSA) is 66.5 Å². The molecule has 0 aromatic heterocycles. The SMILES string of the molecule is CC(C)(C)c1cc(O)c(O)c(/C=C/CN)c1. The lowest BCUT2D eigenvalue weighted by molar-refractivity contribution is 0.400. The summed E-state index contributed by atoms with van der Waals surface area (Å²) >= 11 is 0. The first-order chi connectivity index (χ1) is 7.36. The maximum absolute atomic E-state index is 9.67. The van der Waals surface area contributed by atoms with Crippen LogP contribution in [0.4, 0.5) is 0 Å². The summed E-state index contributed by atoms with van der Waals surface area (Å²) in [6.07, 6.45) is 3.45. The summed E-state index contributed by atoms with van der Waals surface area (Å²) in [5.41, 5.74) is 6.85. The molecule has 0 unspecified atom stereocenters. The summed E-state index contributed by atoms with van der Waals surface area (Å²) in [6.45, 7) is 6.56. The van der Waals surface area contributed by atoms with E-state index in [0.717, 1.165) is 5.56 Å². The fraction of sp³-hybridized carbons (Fsp3) is 0.385. The summed E-state index contributed by atoms with van der Waals surface area (Å²) in [6, 6.07) is 3.45. The average molecular weight is 221 g/mol. The zero-order chi connectivity index (χ0) is 12.3. The van der Waals surface area contributed by atoms with Gasteiger partial charge in [0.05, 0.1) is 0 Å². The van der Waals surface area contributed by atoms with E-state index in [1.807, 2.05) is 6.07 Å². The van der Waals surface area contributed by atoms with Gasteiger partial charge in [0.2, 0.25) is 0 Å². The maximum Gasteiger partial charge on any atom is 0.164 e. The van der Waals surface area contributed by atoms with Gasteiger partial charge in [-0.3, -0.25) is 0 Å². The van der Waals surface area contributed by atoms with Crippen LogP contribution >= 0.6 is 0 Å². The number of benzene rings is 1. The minimum Gasteiger partial charge on any atom is -0.504 e. The van der Waals surface area contributed by atoms with Gasteiger partial charge in [-0.25, -0.2) is 0 Å². The molecule has 0 atom stereocenters. The largest absolute Gasteiger partial charge is 0.504 e. The molecular formula is C13H19NO2. The molecule has 4 N–H and O–H groups in total. The van der Waals surface area contributed by atoms with E-state index >= 15 is 0 Å². The molecule has 0 aliphatic rings. The van der Waals surface area contributed by atoms with Gasteiger partial charge in [-0.05, 0) is 23.1 Å². The second kappa shape index (κ2) is 4.58. The van der Waals surface area contributed by atoms with E-state index in [1.54, 1.807) is 18.2 Å². The number of hydrogen-bond acceptors (Lipinski definition) is 3. The molecule has 88 valence electrons. The molecule has 0 heterocycles. The molecule has 1 aromatic rings. The normalized spacial score (nSPS) is 12.2. The Balaban J connectivity index is 3.28. The lowest BCUT2D eigenvalue weighted by Gasteiger charge is -2.20. The Morgan fingerprint density at radius 1 is 1.25 bits per heavy atom. The molecule has 0 aliphatic carbocycles. The van der Waals surface area contributed by atoms with Crippen LogP contribution < -0.4 is 5.73 Å². The van der Waals surface area contributed by atoms with Gasteiger partial charge >= 0.3 is 0 Å². The monoisotopic (exact) mass is 221 g/mol. The van der Waals surface area contributed by atoms with Gasteiger partial charge in [0, 0.05) is 12.1 Å². The van der Waals surface area contributed by atoms with E-state index in [4.69, 9.17) is 5.73 Å². The van der Waals surface area contributed by atoms with E-state index in [0.29, 0.717) is 12.1 Å². The highest BCUT2D eigenvalue weighted by atomic mass is 16.3. The average Bonchev–Trinajstić information content (AvgIpc) is 2.18. The molecule has 0 fully saturated rings. The van der Waals surface area contributed by atoms with Crippen molar-refractivity contribution in [2.24, 2.45) is 5.73 Å². The van der Waals surface area contributed by atoms with Crippen LogP contribution in [0, 0.1) is 0 Å². The molecule has 16 heavy (non-hydrogen) atoms. The highest BCUT2D eigenvalue weighted by Gasteiger charge is 2.17. The molecule has 1 aromatic carbocycles. The standard InChI is InChI=1S/C13H19NO2/c1-13(2,3)10-7-9(5-4-6-14)12(16)11(15)8-10/h4-5,7-8,15-16H,6,14H2,1-3H3/b5-4+. The minimum absolute atomic E-state index is 0.0729. The summed E-state index contributed by atoms with van der Waals surface area (Å²) in [5.74, 6) is -0.193. The van der Waals surface area contributed by atoms with Crippen molar-refractivity contribution in [3.05, 3.63) is 29.3 Å². The minimum atomic E-state index is -0.0994. The van der Waals surface area contributed by atoms with Crippen molar-refractivity contribution in [1.29, 1.82) is 0 Å². The van der Waals surface area contributed by atoms with E-state index in [1.165, 1.54) is 0 Å². The smallest absolute Gasteiger partial charge is 0.164 e. The van der Waals surface area contributed by atoms with Crippen LogP contribution in [0.15, 0.2) is 18.2 Å². The molecule has 0 spiro atoms. The fourth-order valence-corrected chi connectivity index (χ4v) is 1.40. The number of hydrogen-bond donors (Lipinski definition) is 3. The first-order valence-corrected chi connectivity index (χ1v) is 5.29. The van der Waals surface area contributed by atoms with Crippen molar-refractivity contribution in [3.63, 3.8) is 0 Å². The molecule has 0 aliphatic heterocycles. The third-order valence-electron chi connectivity index (χ3n) is 2.42. The van der Waals surface area contributed by atoms with Crippen molar-refractivity contribution in [3.8, 4) is 11.5 Å². The number of phenolic OH excluding ortho intramolecular Hbond substituents is 2. The Labute approximate surface area is 96.2 Å².